The highest BCUT2D eigenvalue weighted by Gasteiger charge is 2.13. The summed E-state index contributed by atoms with van der Waals surface area (Å²) in [5, 5.41) is 0. The van der Waals surface area contributed by atoms with Gasteiger partial charge in [-0.2, -0.15) is 0 Å². The molecule has 2 rings (SSSR count). The molecular formula is C22H28N2O2. The molecule has 0 amide bonds. The molecule has 0 aliphatic rings. The van der Waals surface area contributed by atoms with Crippen LogP contribution in [-0.4, -0.2) is 42.4 Å². The average molecular weight is 352 g/mol. The molecule has 0 aliphatic carbocycles. The summed E-state index contributed by atoms with van der Waals surface area (Å²) in [7, 11) is 11.4. The Morgan fingerprint density at radius 3 is 1.54 bits per heavy atom. The smallest absolute Gasteiger partial charge is 0.142 e. The van der Waals surface area contributed by atoms with Gasteiger partial charge in [-0.1, -0.05) is 30.9 Å². The van der Waals surface area contributed by atoms with Crippen LogP contribution >= 0.6 is 0 Å². The van der Waals surface area contributed by atoms with Gasteiger partial charge in [0.05, 0.1) is 25.6 Å². The van der Waals surface area contributed by atoms with E-state index in [1.807, 2.05) is 44.1 Å². The number of nitrogens with zero attached hydrogens (tertiary/aromatic N) is 2. The van der Waals surface area contributed by atoms with E-state index in [9.17, 15) is 0 Å². The molecule has 0 N–H and O–H groups in total. The van der Waals surface area contributed by atoms with E-state index in [0.29, 0.717) is 0 Å². The summed E-state index contributed by atoms with van der Waals surface area (Å²) in [4.78, 5) is 4.07. The SMILES string of the molecule is C=CC=C(c1ccc(N(C)C)c(OC)c1)c1ccc(N(C)C)c(OC)c1. The molecule has 0 bridgehead atoms. The lowest BCUT2D eigenvalue weighted by Gasteiger charge is -2.20. The van der Waals surface area contributed by atoms with Gasteiger partial charge in [-0.15, -0.1) is 0 Å². The van der Waals surface area contributed by atoms with Crippen molar-refractivity contribution in [2.45, 2.75) is 0 Å². The van der Waals surface area contributed by atoms with Gasteiger partial charge in [-0.05, 0) is 41.0 Å². The van der Waals surface area contributed by atoms with Crippen LogP contribution in [0.1, 0.15) is 11.1 Å². The Morgan fingerprint density at radius 2 is 1.23 bits per heavy atom. The van der Waals surface area contributed by atoms with E-state index >= 15 is 0 Å². The van der Waals surface area contributed by atoms with Gasteiger partial charge >= 0.3 is 0 Å². The first kappa shape index (κ1) is 19.4. The van der Waals surface area contributed by atoms with E-state index in [1.165, 1.54) is 0 Å². The van der Waals surface area contributed by atoms with Crippen LogP contribution in [0.25, 0.3) is 5.57 Å². The summed E-state index contributed by atoms with van der Waals surface area (Å²) in [6.07, 6.45) is 3.81. The Hall–Kier alpha value is -2.88. The van der Waals surface area contributed by atoms with Crippen molar-refractivity contribution in [1.29, 1.82) is 0 Å². The minimum Gasteiger partial charge on any atom is -0.495 e. The number of anilines is 2. The van der Waals surface area contributed by atoms with Crippen molar-refractivity contribution in [3.63, 3.8) is 0 Å². The molecule has 2 aromatic rings. The van der Waals surface area contributed by atoms with E-state index in [4.69, 9.17) is 9.47 Å². The van der Waals surface area contributed by atoms with Crippen LogP contribution in [0.3, 0.4) is 0 Å². The highest BCUT2D eigenvalue weighted by atomic mass is 16.5. The molecule has 0 unspecified atom stereocenters. The van der Waals surface area contributed by atoms with E-state index in [-0.39, 0.29) is 0 Å². The topological polar surface area (TPSA) is 24.9 Å². The van der Waals surface area contributed by atoms with Crippen molar-refractivity contribution in [3.05, 3.63) is 66.3 Å². The van der Waals surface area contributed by atoms with Crippen LogP contribution in [0.2, 0.25) is 0 Å². The lowest BCUT2D eigenvalue weighted by Crippen LogP contribution is -2.10. The van der Waals surface area contributed by atoms with Crippen molar-refractivity contribution in [2.24, 2.45) is 0 Å². The first-order valence-corrected chi connectivity index (χ1v) is 8.47. The molecule has 138 valence electrons. The first-order valence-electron chi connectivity index (χ1n) is 8.47. The Labute approximate surface area is 157 Å². The van der Waals surface area contributed by atoms with Gasteiger partial charge in [0, 0.05) is 28.2 Å². The summed E-state index contributed by atoms with van der Waals surface area (Å²) in [6.45, 7) is 3.87. The molecule has 0 aliphatic heterocycles. The second kappa shape index (κ2) is 8.48. The molecule has 0 saturated heterocycles. The molecule has 0 radical (unpaired) electrons. The number of hydrogen-bond donors (Lipinski definition) is 0. The van der Waals surface area contributed by atoms with Crippen LogP contribution < -0.4 is 19.3 Å². The molecule has 0 aromatic heterocycles. The van der Waals surface area contributed by atoms with Gasteiger partial charge in [-0.25, -0.2) is 0 Å². The van der Waals surface area contributed by atoms with Gasteiger partial charge in [0.15, 0.2) is 0 Å². The van der Waals surface area contributed by atoms with Gasteiger partial charge in [-0.3, -0.25) is 0 Å². The summed E-state index contributed by atoms with van der Waals surface area (Å²) >= 11 is 0. The third-order valence-corrected chi connectivity index (χ3v) is 4.23. The minimum atomic E-state index is 0.833. The van der Waals surface area contributed by atoms with Gasteiger partial charge < -0.3 is 19.3 Å². The van der Waals surface area contributed by atoms with Crippen molar-refractivity contribution in [3.8, 4) is 11.5 Å². The minimum absolute atomic E-state index is 0.833. The summed E-state index contributed by atoms with van der Waals surface area (Å²) in [5.41, 5.74) is 5.26. The lowest BCUT2D eigenvalue weighted by molar-refractivity contribution is 0.415. The van der Waals surface area contributed by atoms with E-state index < -0.39 is 0 Å². The van der Waals surface area contributed by atoms with Crippen molar-refractivity contribution in [2.75, 3.05) is 52.2 Å². The normalized spacial score (nSPS) is 10.1. The number of benzene rings is 2. The number of methoxy groups -OCH3 is 2. The summed E-state index contributed by atoms with van der Waals surface area (Å²) < 4.78 is 11.2. The molecule has 0 spiro atoms. The van der Waals surface area contributed by atoms with Gasteiger partial charge in [0.2, 0.25) is 0 Å². The number of hydrogen-bond acceptors (Lipinski definition) is 4. The molecule has 0 saturated carbocycles. The fourth-order valence-corrected chi connectivity index (χ4v) is 2.91. The number of allylic oxidation sites excluding steroid dienone is 2. The monoisotopic (exact) mass is 352 g/mol. The van der Waals surface area contributed by atoms with Crippen LogP contribution in [-0.2, 0) is 0 Å². The third-order valence-electron chi connectivity index (χ3n) is 4.23. The Balaban J connectivity index is 2.57. The third kappa shape index (κ3) is 4.02. The fraction of sp³-hybridized carbons (Fsp3) is 0.273. The Morgan fingerprint density at radius 1 is 0.808 bits per heavy atom. The molecule has 0 atom stereocenters. The second-order valence-corrected chi connectivity index (χ2v) is 6.38. The zero-order valence-electron chi connectivity index (χ0n) is 16.5. The van der Waals surface area contributed by atoms with Gasteiger partial charge in [0.1, 0.15) is 11.5 Å². The van der Waals surface area contributed by atoms with E-state index in [2.05, 4.69) is 43.0 Å². The standard InChI is InChI=1S/C22H28N2O2/c1-8-9-18(16-10-12-19(23(2)3)21(14-16)25-6)17-11-13-20(24(4)5)22(15-17)26-7/h8-15H,1H2,2-7H3. The Bertz CT molecular complexity index is 746. The van der Waals surface area contributed by atoms with Gasteiger partial charge in [0.25, 0.3) is 0 Å². The maximum atomic E-state index is 5.58. The second-order valence-electron chi connectivity index (χ2n) is 6.38. The molecular weight excluding hydrogens is 324 g/mol. The Kier molecular flexibility index (Phi) is 6.34. The highest BCUT2D eigenvalue weighted by molar-refractivity contribution is 5.84. The lowest BCUT2D eigenvalue weighted by atomic mass is 9.96. The van der Waals surface area contributed by atoms with Crippen LogP contribution in [0, 0.1) is 0 Å². The van der Waals surface area contributed by atoms with Crippen molar-refractivity contribution >= 4 is 16.9 Å². The van der Waals surface area contributed by atoms with Crippen LogP contribution in [0.5, 0.6) is 11.5 Å². The maximum absolute atomic E-state index is 5.58. The first-order chi connectivity index (χ1) is 12.4. The van der Waals surface area contributed by atoms with E-state index in [1.54, 1.807) is 20.3 Å². The zero-order valence-corrected chi connectivity index (χ0v) is 16.5. The molecule has 2 aromatic carbocycles. The van der Waals surface area contributed by atoms with Crippen molar-refractivity contribution < 1.29 is 9.47 Å². The zero-order chi connectivity index (χ0) is 19.3. The average Bonchev–Trinajstić information content (AvgIpc) is 2.64. The van der Waals surface area contributed by atoms with E-state index in [0.717, 1.165) is 39.6 Å². The molecule has 4 nitrogen and oxygen atoms in total. The number of rotatable bonds is 7. The molecule has 26 heavy (non-hydrogen) atoms. The predicted octanol–water partition coefficient (Wildman–Crippen LogP) is 4.45. The fourth-order valence-electron chi connectivity index (χ4n) is 2.91. The quantitative estimate of drug-likeness (QED) is 0.687. The number of ether oxygens (including phenoxy) is 2. The summed E-state index contributed by atoms with van der Waals surface area (Å²) in [6, 6.07) is 12.4. The van der Waals surface area contributed by atoms with Crippen molar-refractivity contribution in [1.82, 2.24) is 0 Å². The molecule has 0 heterocycles. The molecule has 0 fully saturated rings. The van der Waals surface area contributed by atoms with Crippen LogP contribution in [0.4, 0.5) is 11.4 Å². The predicted molar refractivity (Wildman–Crippen MR) is 112 cm³/mol. The summed E-state index contributed by atoms with van der Waals surface area (Å²) in [5.74, 6) is 1.67. The van der Waals surface area contributed by atoms with Crippen LogP contribution in [0.15, 0.2) is 55.1 Å². The largest absolute Gasteiger partial charge is 0.495 e. The molecule has 4 heteroatoms. The highest BCUT2D eigenvalue weighted by Crippen LogP contribution is 2.36. The maximum Gasteiger partial charge on any atom is 0.142 e.